The molecule has 0 atom stereocenters. The molecule has 3 heteroatoms. The van der Waals surface area contributed by atoms with Gasteiger partial charge in [-0.15, -0.1) is 5.76 Å². The average molecular weight is 190 g/mol. The van der Waals surface area contributed by atoms with Crippen molar-refractivity contribution < 1.29 is 28.8 Å². The zero-order valence-electron chi connectivity index (χ0n) is 10.4. The first kappa shape index (κ1) is 16.2. The molecule has 76 valence electrons. The van der Waals surface area contributed by atoms with Crippen molar-refractivity contribution in [2.45, 2.75) is 41.5 Å². The Balaban J connectivity index is 0. The van der Waals surface area contributed by atoms with Gasteiger partial charge in [0.2, 0.25) is 0 Å². The molecule has 0 heterocycles. The van der Waals surface area contributed by atoms with Crippen LogP contribution in [0.15, 0.2) is 11.8 Å². The molecule has 0 aromatic carbocycles. The summed E-state index contributed by atoms with van der Waals surface area (Å²) in [5.74, 6) is -0.208. The summed E-state index contributed by atoms with van der Waals surface area (Å²) in [6.07, 6.45) is 1.22. The molecule has 0 fully saturated rings. The minimum absolute atomic E-state index is 0. The first-order valence-electron chi connectivity index (χ1n) is 4.49. The maximum Gasteiger partial charge on any atom is 1.00 e. The third kappa shape index (κ3) is 5.52. The van der Waals surface area contributed by atoms with E-state index in [0.29, 0.717) is 0 Å². The van der Waals surface area contributed by atoms with E-state index in [1.54, 1.807) is 0 Å². The molecule has 0 saturated heterocycles. The smallest absolute Gasteiger partial charge is 0.875 e. The van der Waals surface area contributed by atoms with Crippen molar-refractivity contribution in [1.29, 1.82) is 0 Å². The molecular weight excluding hydrogens is 171 g/mol. The molecule has 0 aromatic rings. The van der Waals surface area contributed by atoms with Gasteiger partial charge in [-0.1, -0.05) is 41.5 Å². The van der Waals surface area contributed by atoms with E-state index in [1.165, 1.54) is 6.08 Å². The molecule has 0 unspecified atom stereocenters. The van der Waals surface area contributed by atoms with E-state index in [4.69, 9.17) is 0 Å². The van der Waals surface area contributed by atoms with Crippen LogP contribution in [-0.4, -0.2) is 5.78 Å². The summed E-state index contributed by atoms with van der Waals surface area (Å²) in [7, 11) is 0. The summed E-state index contributed by atoms with van der Waals surface area (Å²) >= 11 is 0. The number of carbonyl (C=O) groups is 1. The van der Waals surface area contributed by atoms with E-state index in [0.717, 1.165) is 0 Å². The third-order valence-corrected chi connectivity index (χ3v) is 1.74. The molecule has 0 radical (unpaired) electrons. The SMILES string of the molecule is CC(C)(C)C(=O)C=C([O-])C(C)(C)C.[Li+]. The van der Waals surface area contributed by atoms with Crippen LogP contribution in [0.3, 0.4) is 0 Å². The Hall–Kier alpha value is -0.193. The van der Waals surface area contributed by atoms with E-state index in [-0.39, 0.29) is 30.4 Å². The van der Waals surface area contributed by atoms with Crippen LogP contribution in [0.25, 0.3) is 0 Å². The van der Waals surface area contributed by atoms with Crippen molar-refractivity contribution in [1.82, 2.24) is 0 Å². The number of rotatable bonds is 1. The van der Waals surface area contributed by atoms with E-state index in [9.17, 15) is 9.90 Å². The van der Waals surface area contributed by atoms with Crippen LogP contribution in [0.4, 0.5) is 0 Å². The molecule has 0 saturated carbocycles. The molecule has 0 spiro atoms. The second-order valence-corrected chi connectivity index (χ2v) is 5.37. The van der Waals surface area contributed by atoms with Gasteiger partial charge < -0.3 is 5.11 Å². The standard InChI is InChI=1S/C11H20O2.Li/c1-10(2,3)8(12)7-9(13)11(4,5)6;/h7,12H,1-6H3;/q;+1/p-1. The summed E-state index contributed by atoms with van der Waals surface area (Å²) in [6.45, 7) is 10.8. The third-order valence-electron chi connectivity index (χ3n) is 1.74. The summed E-state index contributed by atoms with van der Waals surface area (Å²) in [4.78, 5) is 11.4. The molecule has 0 amide bonds. The predicted octanol–water partition coefficient (Wildman–Crippen LogP) is -1.10. The van der Waals surface area contributed by atoms with E-state index >= 15 is 0 Å². The first-order valence-corrected chi connectivity index (χ1v) is 4.49. The monoisotopic (exact) mass is 190 g/mol. The Bertz CT molecular complexity index is 229. The maximum absolute atomic E-state index is 11.4. The number of carbonyl (C=O) groups excluding carboxylic acids is 1. The Morgan fingerprint density at radius 3 is 1.57 bits per heavy atom. The van der Waals surface area contributed by atoms with Crippen molar-refractivity contribution in [3.8, 4) is 0 Å². The van der Waals surface area contributed by atoms with E-state index < -0.39 is 10.8 Å². The van der Waals surface area contributed by atoms with Crippen molar-refractivity contribution >= 4 is 5.78 Å². The Labute approximate surface area is 99.0 Å². The number of hydrogen-bond acceptors (Lipinski definition) is 2. The van der Waals surface area contributed by atoms with Crippen LogP contribution in [0.5, 0.6) is 0 Å². The molecule has 2 nitrogen and oxygen atoms in total. The molecule has 14 heavy (non-hydrogen) atoms. The van der Waals surface area contributed by atoms with Crippen molar-refractivity contribution in [3.05, 3.63) is 11.8 Å². The van der Waals surface area contributed by atoms with Gasteiger partial charge in [-0.05, 0) is 11.5 Å². The van der Waals surface area contributed by atoms with Gasteiger partial charge in [0.1, 0.15) is 0 Å². The van der Waals surface area contributed by atoms with Crippen LogP contribution in [0, 0.1) is 10.8 Å². The zero-order valence-corrected chi connectivity index (χ0v) is 10.4. The topological polar surface area (TPSA) is 40.1 Å². The Morgan fingerprint density at radius 1 is 1.00 bits per heavy atom. The van der Waals surface area contributed by atoms with Crippen LogP contribution in [0.1, 0.15) is 41.5 Å². The predicted molar refractivity (Wildman–Crippen MR) is 52.0 cm³/mol. The van der Waals surface area contributed by atoms with Gasteiger partial charge in [0.15, 0.2) is 5.78 Å². The molecule has 0 aliphatic heterocycles. The molecule has 0 N–H and O–H groups in total. The summed E-state index contributed by atoms with van der Waals surface area (Å²) in [5.41, 5.74) is -0.915. The quantitative estimate of drug-likeness (QED) is 0.299. The van der Waals surface area contributed by atoms with Gasteiger partial charge in [-0.2, -0.15) is 0 Å². The second kappa shape index (κ2) is 5.05. The molecule has 0 aliphatic rings. The molecule has 0 bridgehead atoms. The number of ketones is 1. The molecular formula is C11H19LiO2. The Kier molecular flexibility index (Phi) is 5.86. The minimum Gasteiger partial charge on any atom is -0.875 e. The van der Waals surface area contributed by atoms with Crippen molar-refractivity contribution in [3.63, 3.8) is 0 Å². The largest absolute Gasteiger partial charge is 1.00 e. The van der Waals surface area contributed by atoms with Gasteiger partial charge in [0.05, 0.1) is 0 Å². The van der Waals surface area contributed by atoms with Gasteiger partial charge in [-0.3, -0.25) is 4.79 Å². The van der Waals surface area contributed by atoms with E-state index in [1.807, 2.05) is 41.5 Å². The minimum atomic E-state index is -0.457. The van der Waals surface area contributed by atoms with Gasteiger partial charge in [0.25, 0.3) is 0 Å². The fourth-order valence-corrected chi connectivity index (χ4v) is 0.552. The molecule has 0 rings (SSSR count). The molecule has 0 aromatic heterocycles. The van der Waals surface area contributed by atoms with Crippen LogP contribution < -0.4 is 24.0 Å². The normalized spacial score (nSPS) is 13.4. The summed E-state index contributed by atoms with van der Waals surface area (Å²) in [6, 6.07) is 0. The van der Waals surface area contributed by atoms with Crippen LogP contribution >= 0.6 is 0 Å². The van der Waals surface area contributed by atoms with Crippen molar-refractivity contribution in [2.24, 2.45) is 10.8 Å². The van der Waals surface area contributed by atoms with E-state index in [2.05, 4.69) is 0 Å². The fraction of sp³-hybridized carbons (Fsp3) is 0.727. The van der Waals surface area contributed by atoms with Crippen molar-refractivity contribution in [2.75, 3.05) is 0 Å². The van der Waals surface area contributed by atoms with Crippen LogP contribution in [0.2, 0.25) is 0 Å². The average Bonchev–Trinajstić information content (AvgIpc) is 1.82. The van der Waals surface area contributed by atoms with Gasteiger partial charge >= 0.3 is 18.9 Å². The van der Waals surface area contributed by atoms with Gasteiger partial charge in [0, 0.05) is 5.41 Å². The maximum atomic E-state index is 11.4. The number of allylic oxidation sites excluding steroid dienone is 2. The van der Waals surface area contributed by atoms with Crippen LogP contribution in [-0.2, 0) is 4.79 Å². The summed E-state index contributed by atoms with van der Waals surface area (Å²) in [5, 5.41) is 11.4. The summed E-state index contributed by atoms with van der Waals surface area (Å²) < 4.78 is 0. The zero-order chi connectivity index (χ0) is 10.9. The fourth-order valence-electron chi connectivity index (χ4n) is 0.552. The number of hydrogen-bond donors (Lipinski definition) is 0. The van der Waals surface area contributed by atoms with Gasteiger partial charge in [-0.25, -0.2) is 0 Å². The Morgan fingerprint density at radius 2 is 1.36 bits per heavy atom. The molecule has 0 aliphatic carbocycles. The second-order valence-electron chi connectivity index (χ2n) is 5.37. The first-order chi connectivity index (χ1) is 5.55.